The molecule has 0 bridgehead atoms. The van der Waals surface area contributed by atoms with Crippen molar-refractivity contribution < 1.29 is 4.39 Å². The molecule has 0 saturated carbocycles. The molecule has 1 unspecified atom stereocenters. The van der Waals surface area contributed by atoms with Crippen LogP contribution < -0.4 is 5.32 Å². The molecule has 21 heavy (non-hydrogen) atoms. The van der Waals surface area contributed by atoms with Crippen LogP contribution >= 0.6 is 15.9 Å². The van der Waals surface area contributed by atoms with Crippen LogP contribution in [0.2, 0.25) is 0 Å². The summed E-state index contributed by atoms with van der Waals surface area (Å²) in [5, 5.41) is 3.65. The van der Waals surface area contributed by atoms with Crippen LogP contribution in [0.1, 0.15) is 40.2 Å². The molecule has 1 fully saturated rings. The van der Waals surface area contributed by atoms with Crippen LogP contribution in [0.5, 0.6) is 0 Å². The molecule has 0 radical (unpaired) electrons. The number of piperazine rings is 1. The predicted octanol–water partition coefficient (Wildman–Crippen LogP) is 4.19. The minimum atomic E-state index is -0.133. The van der Waals surface area contributed by atoms with Gasteiger partial charge in [0.25, 0.3) is 0 Å². The highest BCUT2D eigenvalue weighted by Crippen LogP contribution is 2.29. The molecule has 1 atom stereocenters. The number of halogens is 2. The topological polar surface area (TPSA) is 15.3 Å². The minimum Gasteiger partial charge on any atom is -0.310 e. The maximum absolute atomic E-state index is 14.1. The summed E-state index contributed by atoms with van der Waals surface area (Å²) in [6.07, 6.45) is 0. The summed E-state index contributed by atoms with van der Waals surface area (Å²) in [6, 6.07) is 5.76. The van der Waals surface area contributed by atoms with Gasteiger partial charge >= 0.3 is 0 Å². The minimum absolute atomic E-state index is 0.0290. The van der Waals surface area contributed by atoms with Gasteiger partial charge in [0.2, 0.25) is 0 Å². The Balaban J connectivity index is 2.18. The van der Waals surface area contributed by atoms with Gasteiger partial charge in [0.05, 0.1) is 0 Å². The van der Waals surface area contributed by atoms with Gasteiger partial charge in [-0.2, -0.15) is 0 Å². The second-order valence-electron chi connectivity index (χ2n) is 7.73. The third-order valence-electron chi connectivity index (χ3n) is 4.46. The number of benzene rings is 1. The summed E-state index contributed by atoms with van der Waals surface area (Å²) < 4.78 is 14.9. The quantitative estimate of drug-likeness (QED) is 0.854. The SMILES string of the molecule is CC(C)(C)C1CN(Cc2ccc(Br)cc2F)C(C)(C)CN1. The fraction of sp³-hybridized carbons (Fsp3) is 0.647. The standard InChI is InChI=1S/C17H26BrFN2/c1-16(2,3)15-10-21(17(4,5)11-20-15)9-12-6-7-13(18)8-14(12)19/h6-8,15,20H,9-11H2,1-5H3. The lowest BCUT2D eigenvalue weighted by atomic mass is 9.82. The molecule has 1 aliphatic rings. The van der Waals surface area contributed by atoms with Crippen molar-refractivity contribution in [3.8, 4) is 0 Å². The second-order valence-corrected chi connectivity index (χ2v) is 8.64. The largest absolute Gasteiger partial charge is 0.310 e. The Hall–Kier alpha value is -0.450. The fourth-order valence-corrected chi connectivity index (χ4v) is 3.06. The maximum Gasteiger partial charge on any atom is 0.128 e. The van der Waals surface area contributed by atoms with Crippen molar-refractivity contribution in [3.05, 3.63) is 34.1 Å². The van der Waals surface area contributed by atoms with Gasteiger partial charge in [0, 0.05) is 41.3 Å². The van der Waals surface area contributed by atoms with Gasteiger partial charge in [-0.3, -0.25) is 4.90 Å². The lowest BCUT2D eigenvalue weighted by molar-refractivity contribution is 0.0288. The van der Waals surface area contributed by atoms with E-state index >= 15 is 0 Å². The van der Waals surface area contributed by atoms with Gasteiger partial charge in [0.1, 0.15) is 5.82 Å². The van der Waals surface area contributed by atoms with Gasteiger partial charge in [-0.15, -0.1) is 0 Å². The molecule has 1 aromatic rings. The van der Waals surface area contributed by atoms with Crippen LogP contribution in [0, 0.1) is 11.2 Å². The first kappa shape index (κ1) is 16.9. The molecular formula is C17H26BrFN2. The number of hydrogen-bond acceptors (Lipinski definition) is 2. The molecule has 0 spiro atoms. The first-order chi connectivity index (χ1) is 9.59. The molecule has 1 aliphatic heterocycles. The lowest BCUT2D eigenvalue weighted by Crippen LogP contribution is -2.64. The van der Waals surface area contributed by atoms with Gasteiger partial charge < -0.3 is 5.32 Å². The van der Waals surface area contributed by atoms with Crippen LogP contribution in [0.3, 0.4) is 0 Å². The fourth-order valence-electron chi connectivity index (χ4n) is 2.73. The van der Waals surface area contributed by atoms with Crippen LogP contribution in [-0.4, -0.2) is 29.6 Å². The maximum atomic E-state index is 14.1. The number of hydrogen-bond donors (Lipinski definition) is 1. The van der Waals surface area contributed by atoms with E-state index in [-0.39, 0.29) is 16.8 Å². The molecule has 0 aliphatic carbocycles. The zero-order chi connectivity index (χ0) is 15.8. The molecule has 1 N–H and O–H groups in total. The van der Waals surface area contributed by atoms with E-state index in [1.54, 1.807) is 6.07 Å². The third-order valence-corrected chi connectivity index (χ3v) is 4.96. The monoisotopic (exact) mass is 356 g/mol. The Kier molecular flexibility index (Phi) is 4.81. The Bertz CT molecular complexity index is 508. The van der Waals surface area contributed by atoms with E-state index in [9.17, 15) is 4.39 Å². The molecule has 0 amide bonds. The van der Waals surface area contributed by atoms with Crippen molar-refractivity contribution in [1.82, 2.24) is 10.2 Å². The summed E-state index contributed by atoms with van der Waals surface area (Å²) in [7, 11) is 0. The molecular weight excluding hydrogens is 331 g/mol. The van der Waals surface area contributed by atoms with Gasteiger partial charge in [0.15, 0.2) is 0 Å². The summed E-state index contributed by atoms with van der Waals surface area (Å²) in [5.41, 5.74) is 0.995. The van der Waals surface area contributed by atoms with E-state index in [0.29, 0.717) is 12.6 Å². The molecule has 2 nitrogen and oxygen atoms in total. The smallest absolute Gasteiger partial charge is 0.128 e. The molecule has 118 valence electrons. The summed E-state index contributed by atoms with van der Waals surface area (Å²) in [5.74, 6) is -0.133. The van der Waals surface area contributed by atoms with Crippen LogP contribution in [0.15, 0.2) is 22.7 Å². The first-order valence-electron chi connectivity index (χ1n) is 7.52. The summed E-state index contributed by atoms with van der Waals surface area (Å²) in [4.78, 5) is 2.39. The van der Waals surface area contributed by atoms with E-state index in [4.69, 9.17) is 0 Å². The first-order valence-corrected chi connectivity index (χ1v) is 8.31. The van der Waals surface area contributed by atoms with E-state index in [1.165, 1.54) is 0 Å². The third kappa shape index (κ3) is 4.05. The normalized spacial score (nSPS) is 23.3. The van der Waals surface area contributed by atoms with Gasteiger partial charge in [-0.1, -0.05) is 42.8 Å². The Morgan fingerprint density at radius 1 is 1.38 bits per heavy atom. The lowest BCUT2D eigenvalue weighted by Gasteiger charge is -2.49. The van der Waals surface area contributed by atoms with E-state index in [2.05, 4.69) is 60.8 Å². The Morgan fingerprint density at radius 3 is 2.62 bits per heavy atom. The second kappa shape index (κ2) is 5.98. The molecule has 1 aromatic carbocycles. The van der Waals surface area contributed by atoms with Crippen molar-refractivity contribution in [2.24, 2.45) is 5.41 Å². The molecule has 0 aromatic heterocycles. The Morgan fingerprint density at radius 2 is 2.05 bits per heavy atom. The average molecular weight is 357 g/mol. The van der Waals surface area contributed by atoms with Crippen LogP contribution in [0.25, 0.3) is 0 Å². The number of nitrogens with one attached hydrogen (secondary N) is 1. The highest BCUT2D eigenvalue weighted by molar-refractivity contribution is 9.10. The zero-order valence-electron chi connectivity index (χ0n) is 13.6. The number of rotatable bonds is 2. The Labute approximate surface area is 136 Å². The molecule has 2 rings (SSSR count). The summed E-state index contributed by atoms with van der Waals surface area (Å²) in [6.45, 7) is 13.7. The summed E-state index contributed by atoms with van der Waals surface area (Å²) >= 11 is 3.32. The van der Waals surface area contributed by atoms with Crippen molar-refractivity contribution in [3.63, 3.8) is 0 Å². The predicted molar refractivity (Wildman–Crippen MR) is 89.8 cm³/mol. The van der Waals surface area contributed by atoms with Crippen LogP contribution in [0.4, 0.5) is 4.39 Å². The van der Waals surface area contributed by atoms with Gasteiger partial charge in [-0.25, -0.2) is 4.39 Å². The molecule has 1 heterocycles. The van der Waals surface area contributed by atoms with E-state index in [1.807, 2.05) is 12.1 Å². The van der Waals surface area contributed by atoms with Crippen molar-refractivity contribution in [1.29, 1.82) is 0 Å². The van der Waals surface area contributed by atoms with E-state index < -0.39 is 0 Å². The van der Waals surface area contributed by atoms with Crippen LogP contribution in [-0.2, 0) is 6.54 Å². The average Bonchev–Trinajstić information content (AvgIpc) is 2.33. The van der Waals surface area contributed by atoms with E-state index in [0.717, 1.165) is 23.1 Å². The highest BCUT2D eigenvalue weighted by Gasteiger charge is 2.38. The zero-order valence-corrected chi connectivity index (χ0v) is 15.2. The number of nitrogens with zero attached hydrogens (tertiary/aromatic N) is 1. The van der Waals surface area contributed by atoms with Crippen molar-refractivity contribution in [2.45, 2.75) is 52.7 Å². The van der Waals surface area contributed by atoms with Crippen molar-refractivity contribution >= 4 is 15.9 Å². The van der Waals surface area contributed by atoms with Gasteiger partial charge in [-0.05, 0) is 31.4 Å². The molecule has 4 heteroatoms. The molecule has 1 saturated heterocycles. The highest BCUT2D eigenvalue weighted by atomic mass is 79.9. The van der Waals surface area contributed by atoms with Crippen molar-refractivity contribution in [2.75, 3.05) is 13.1 Å².